The van der Waals surface area contributed by atoms with Crippen LogP contribution >= 0.6 is 0 Å². The Morgan fingerprint density at radius 1 is 0.810 bits per heavy atom. The van der Waals surface area contributed by atoms with Crippen LogP contribution in [-0.2, 0) is 4.79 Å². The van der Waals surface area contributed by atoms with E-state index in [9.17, 15) is 0 Å². The third kappa shape index (κ3) is 32.4. The highest BCUT2D eigenvalue weighted by molar-refractivity contribution is 5.62. The molecule has 0 atom stereocenters. The van der Waals surface area contributed by atoms with Gasteiger partial charge < -0.3 is 10.2 Å². The molecule has 0 amide bonds. The van der Waals surface area contributed by atoms with E-state index in [1.807, 2.05) is 0 Å². The van der Waals surface area contributed by atoms with Gasteiger partial charge in [-0.3, -0.25) is 4.79 Å². The van der Waals surface area contributed by atoms with Crippen LogP contribution in [0.1, 0.15) is 78.1 Å². The van der Waals surface area contributed by atoms with Gasteiger partial charge >= 0.3 is 0 Å². The summed E-state index contributed by atoms with van der Waals surface area (Å²) in [5, 5.41) is 16.0. The van der Waals surface area contributed by atoms with E-state index < -0.39 is 5.97 Å². The Morgan fingerprint density at radius 3 is 1.71 bits per heavy atom. The summed E-state index contributed by atoms with van der Waals surface area (Å²) < 4.78 is 0. The molecule has 0 aliphatic heterocycles. The molecule has 0 aliphatic carbocycles. The maximum absolute atomic E-state index is 9.00. The van der Waals surface area contributed by atoms with Crippen LogP contribution in [0.2, 0.25) is 0 Å². The summed E-state index contributed by atoms with van der Waals surface area (Å²) in [6.07, 6.45) is 21.3. The van der Waals surface area contributed by atoms with Crippen molar-refractivity contribution in [2.45, 2.75) is 78.1 Å². The maximum Gasteiger partial charge on any atom is 0.300 e. The lowest BCUT2D eigenvalue weighted by Gasteiger charge is -1.95. The molecule has 0 heterocycles. The Balaban J connectivity index is 0. The first kappa shape index (κ1) is 22.2. The second-order valence-corrected chi connectivity index (χ2v) is 5.11. The first-order valence-corrected chi connectivity index (χ1v) is 8.25. The number of carboxylic acid groups (broad SMARTS) is 1. The Morgan fingerprint density at radius 2 is 1.24 bits per heavy atom. The van der Waals surface area contributed by atoms with E-state index in [1.165, 1.54) is 57.8 Å². The second kappa shape index (κ2) is 21.2. The fourth-order valence-electron chi connectivity index (χ4n) is 1.71. The summed E-state index contributed by atoms with van der Waals surface area (Å²) in [7, 11) is 0. The van der Waals surface area contributed by atoms with Crippen molar-refractivity contribution in [3.8, 4) is 0 Å². The normalized spacial score (nSPS) is 10.8. The number of carboxylic acids is 1. The summed E-state index contributed by atoms with van der Waals surface area (Å²) in [5.41, 5.74) is 0. The largest absolute Gasteiger partial charge is 0.481 e. The van der Waals surface area contributed by atoms with Gasteiger partial charge in [-0.1, -0.05) is 56.9 Å². The van der Waals surface area contributed by atoms with Crippen molar-refractivity contribution in [1.29, 1.82) is 0 Å². The van der Waals surface area contributed by atoms with Crippen molar-refractivity contribution in [3.63, 3.8) is 0 Å². The lowest BCUT2D eigenvalue weighted by molar-refractivity contribution is -0.134. The summed E-state index contributed by atoms with van der Waals surface area (Å²) in [6, 6.07) is 0. The number of hydrogen-bond donors (Lipinski definition) is 2. The Kier molecular flexibility index (Phi) is 22.4. The van der Waals surface area contributed by atoms with Crippen LogP contribution in [0.3, 0.4) is 0 Å². The topological polar surface area (TPSA) is 57.5 Å². The molecular weight excluding hydrogens is 264 g/mol. The molecule has 0 saturated carbocycles. The molecule has 0 radical (unpaired) electrons. The van der Waals surface area contributed by atoms with Crippen molar-refractivity contribution < 1.29 is 15.0 Å². The van der Waals surface area contributed by atoms with Gasteiger partial charge in [0.25, 0.3) is 5.97 Å². The molecule has 0 saturated heterocycles. The highest BCUT2D eigenvalue weighted by Gasteiger charge is 1.86. The molecule has 124 valence electrons. The molecule has 0 fully saturated rings. The number of carbonyl (C=O) groups is 1. The Hall–Kier alpha value is -1.09. The van der Waals surface area contributed by atoms with Gasteiger partial charge in [0.15, 0.2) is 0 Å². The molecule has 0 aromatic carbocycles. The van der Waals surface area contributed by atoms with Crippen LogP contribution < -0.4 is 0 Å². The van der Waals surface area contributed by atoms with Gasteiger partial charge in [-0.05, 0) is 38.5 Å². The zero-order valence-electron chi connectivity index (χ0n) is 13.9. The van der Waals surface area contributed by atoms with E-state index in [1.54, 1.807) is 0 Å². The van der Waals surface area contributed by atoms with E-state index in [0.717, 1.165) is 13.3 Å². The van der Waals surface area contributed by atoms with Crippen molar-refractivity contribution in [2.75, 3.05) is 6.61 Å². The highest BCUT2D eigenvalue weighted by atomic mass is 16.4. The molecular formula is C18H34O3. The van der Waals surface area contributed by atoms with Gasteiger partial charge in [-0.15, -0.1) is 0 Å². The third-order valence-corrected chi connectivity index (χ3v) is 2.84. The van der Waals surface area contributed by atoms with E-state index in [4.69, 9.17) is 15.0 Å². The molecule has 3 nitrogen and oxygen atoms in total. The minimum absolute atomic E-state index is 0.347. The van der Waals surface area contributed by atoms with Crippen molar-refractivity contribution in [3.05, 3.63) is 24.3 Å². The van der Waals surface area contributed by atoms with Crippen LogP contribution in [0.15, 0.2) is 24.3 Å². The fraction of sp³-hybridized carbons (Fsp3) is 0.722. The van der Waals surface area contributed by atoms with Gasteiger partial charge in [-0.25, -0.2) is 0 Å². The summed E-state index contributed by atoms with van der Waals surface area (Å²) in [4.78, 5) is 9.00. The molecule has 0 aliphatic rings. The number of aliphatic hydroxyl groups is 1. The van der Waals surface area contributed by atoms with E-state index in [2.05, 4.69) is 31.2 Å². The number of rotatable bonds is 12. The first-order valence-electron chi connectivity index (χ1n) is 8.25. The highest BCUT2D eigenvalue weighted by Crippen LogP contribution is 2.04. The monoisotopic (exact) mass is 298 g/mol. The molecule has 2 N–H and O–H groups in total. The van der Waals surface area contributed by atoms with Gasteiger partial charge in [-0.2, -0.15) is 0 Å². The summed E-state index contributed by atoms with van der Waals surface area (Å²) in [6.45, 7) is 3.66. The lowest BCUT2D eigenvalue weighted by Crippen LogP contribution is -1.82. The number of aliphatic carboxylic acids is 1. The van der Waals surface area contributed by atoms with E-state index in [0.29, 0.717) is 6.61 Å². The molecule has 0 aromatic heterocycles. The predicted octanol–water partition coefficient (Wildman–Crippen LogP) is 5.10. The average Bonchev–Trinajstić information content (AvgIpc) is 2.43. The van der Waals surface area contributed by atoms with Gasteiger partial charge in [0, 0.05) is 13.5 Å². The second-order valence-electron chi connectivity index (χ2n) is 5.11. The minimum Gasteiger partial charge on any atom is -0.481 e. The smallest absolute Gasteiger partial charge is 0.300 e. The molecule has 0 rings (SSSR count). The molecule has 0 spiro atoms. The third-order valence-electron chi connectivity index (χ3n) is 2.84. The first-order chi connectivity index (χ1) is 10.1. The fourth-order valence-corrected chi connectivity index (χ4v) is 1.71. The molecule has 0 unspecified atom stereocenters. The standard InChI is InChI=1S/C16H30O.C2H4O2/c1-2-3-4-5-6-7-8-9-10-11-12-13-14-15-16-17;1-2(3)4/h5-6,9-10,17H,2-4,7-8,11-16H2,1H3;1H3,(H,3,4). The van der Waals surface area contributed by atoms with Crippen LogP contribution in [-0.4, -0.2) is 22.8 Å². The molecule has 21 heavy (non-hydrogen) atoms. The van der Waals surface area contributed by atoms with E-state index >= 15 is 0 Å². The van der Waals surface area contributed by atoms with Crippen molar-refractivity contribution >= 4 is 5.97 Å². The maximum atomic E-state index is 9.00. The van der Waals surface area contributed by atoms with Gasteiger partial charge in [0.1, 0.15) is 0 Å². The average molecular weight is 298 g/mol. The Bertz CT molecular complexity index is 253. The van der Waals surface area contributed by atoms with Gasteiger partial charge in [0.2, 0.25) is 0 Å². The quantitative estimate of drug-likeness (QED) is 0.389. The van der Waals surface area contributed by atoms with Crippen LogP contribution in [0, 0.1) is 0 Å². The van der Waals surface area contributed by atoms with Crippen LogP contribution in [0.25, 0.3) is 0 Å². The van der Waals surface area contributed by atoms with Gasteiger partial charge in [0.05, 0.1) is 0 Å². The molecule has 3 heteroatoms. The summed E-state index contributed by atoms with van der Waals surface area (Å²) in [5.74, 6) is -0.833. The van der Waals surface area contributed by atoms with Crippen LogP contribution in [0.5, 0.6) is 0 Å². The number of aliphatic hydroxyl groups excluding tert-OH is 1. The SMILES string of the molecule is CC(=O)O.CCCCC=CCCC=CCCCCCCO. The Labute approximate surface area is 130 Å². The lowest BCUT2D eigenvalue weighted by atomic mass is 10.1. The minimum atomic E-state index is -0.833. The van der Waals surface area contributed by atoms with Crippen LogP contribution in [0.4, 0.5) is 0 Å². The summed E-state index contributed by atoms with van der Waals surface area (Å²) >= 11 is 0. The number of unbranched alkanes of at least 4 members (excludes halogenated alkanes) is 7. The molecule has 0 aromatic rings. The number of hydrogen-bond acceptors (Lipinski definition) is 2. The number of allylic oxidation sites excluding steroid dienone is 4. The van der Waals surface area contributed by atoms with E-state index in [-0.39, 0.29) is 0 Å². The molecule has 0 bridgehead atoms. The zero-order chi connectivity index (χ0) is 16.2. The predicted molar refractivity (Wildman–Crippen MR) is 90.5 cm³/mol. The zero-order valence-corrected chi connectivity index (χ0v) is 13.9. The van der Waals surface area contributed by atoms with Crippen molar-refractivity contribution in [1.82, 2.24) is 0 Å². The van der Waals surface area contributed by atoms with Crippen molar-refractivity contribution in [2.24, 2.45) is 0 Å².